The minimum Gasteiger partial charge on any atom is -0.504 e. The van der Waals surface area contributed by atoms with Crippen LogP contribution in [0.15, 0.2) is 30.5 Å². The zero-order valence-corrected chi connectivity index (χ0v) is 10.7. The second kappa shape index (κ2) is 6.09. The van der Waals surface area contributed by atoms with E-state index in [9.17, 15) is 4.79 Å². The quantitative estimate of drug-likeness (QED) is 0.593. The Kier molecular flexibility index (Phi) is 4.76. The van der Waals surface area contributed by atoms with Gasteiger partial charge in [-0.3, -0.25) is 4.79 Å². The van der Waals surface area contributed by atoms with Crippen LogP contribution in [0.3, 0.4) is 0 Å². The normalized spacial score (nSPS) is 13.1. The van der Waals surface area contributed by atoms with Crippen LogP contribution in [0.1, 0.15) is 30.9 Å². The van der Waals surface area contributed by atoms with Crippen LogP contribution in [0.25, 0.3) is 5.57 Å². The van der Waals surface area contributed by atoms with E-state index in [1.54, 1.807) is 13.4 Å². The first-order chi connectivity index (χ1) is 8.10. The molecular formula is C14H18O3. The van der Waals surface area contributed by atoms with Gasteiger partial charge in [0.1, 0.15) is 0 Å². The van der Waals surface area contributed by atoms with Gasteiger partial charge in [-0.05, 0) is 30.5 Å². The maximum absolute atomic E-state index is 11.5. The topological polar surface area (TPSA) is 35.5 Å². The highest BCUT2D eigenvalue weighted by molar-refractivity contribution is 5.78. The monoisotopic (exact) mass is 234 g/mol. The van der Waals surface area contributed by atoms with Crippen LogP contribution >= 0.6 is 0 Å². The summed E-state index contributed by atoms with van der Waals surface area (Å²) in [4.78, 5) is 11.5. The number of hydrogen-bond acceptors (Lipinski definition) is 3. The third-order valence-corrected chi connectivity index (χ3v) is 2.69. The molecule has 0 aliphatic carbocycles. The fourth-order valence-electron chi connectivity index (χ4n) is 1.61. The zero-order valence-electron chi connectivity index (χ0n) is 10.7. The molecule has 0 bridgehead atoms. The van der Waals surface area contributed by atoms with Gasteiger partial charge in [0.05, 0.1) is 26.4 Å². The van der Waals surface area contributed by atoms with Crippen molar-refractivity contribution in [2.75, 3.05) is 14.2 Å². The van der Waals surface area contributed by atoms with Crippen molar-refractivity contribution < 1.29 is 14.3 Å². The van der Waals surface area contributed by atoms with Crippen LogP contribution < -0.4 is 0 Å². The number of ether oxygens (including phenoxy) is 2. The summed E-state index contributed by atoms with van der Waals surface area (Å²) in [5.41, 5.74) is 3.00. The molecule has 3 heteroatoms. The maximum Gasteiger partial charge on any atom is 0.312 e. The average molecular weight is 234 g/mol. The number of carbonyl (C=O) groups is 1. The van der Waals surface area contributed by atoms with Crippen molar-refractivity contribution in [2.45, 2.75) is 19.8 Å². The fourth-order valence-corrected chi connectivity index (χ4v) is 1.61. The van der Waals surface area contributed by atoms with E-state index < -0.39 is 0 Å². The van der Waals surface area contributed by atoms with E-state index >= 15 is 0 Å². The molecule has 1 aromatic rings. The van der Waals surface area contributed by atoms with Crippen LogP contribution in [0, 0.1) is 0 Å². The second-order valence-corrected chi connectivity index (χ2v) is 3.91. The summed E-state index contributed by atoms with van der Waals surface area (Å²) in [7, 11) is 3.02. The van der Waals surface area contributed by atoms with Gasteiger partial charge in [-0.2, -0.15) is 0 Å². The van der Waals surface area contributed by atoms with Gasteiger partial charge in [-0.25, -0.2) is 0 Å². The van der Waals surface area contributed by atoms with Crippen molar-refractivity contribution >= 4 is 11.5 Å². The Morgan fingerprint density at radius 3 is 2.65 bits per heavy atom. The Hall–Kier alpha value is -1.77. The summed E-state index contributed by atoms with van der Waals surface area (Å²) < 4.78 is 9.71. The van der Waals surface area contributed by atoms with E-state index in [2.05, 4.69) is 0 Å². The Morgan fingerprint density at radius 1 is 1.35 bits per heavy atom. The first-order valence-corrected chi connectivity index (χ1v) is 5.48. The molecule has 0 saturated heterocycles. The molecule has 0 fully saturated rings. The van der Waals surface area contributed by atoms with Crippen LogP contribution in [-0.4, -0.2) is 20.2 Å². The van der Waals surface area contributed by atoms with Crippen molar-refractivity contribution in [2.24, 2.45) is 0 Å². The van der Waals surface area contributed by atoms with Crippen LogP contribution in [-0.2, 0) is 14.3 Å². The SMILES string of the molecule is COC=C(C)c1cccc(C(C)C(=O)OC)c1. The predicted octanol–water partition coefficient (Wildman–Crippen LogP) is 2.97. The Balaban J connectivity index is 3.01. The van der Waals surface area contributed by atoms with Gasteiger partial charge in [-0.1, -0.05) is 24.3 Å². The lowest BCUT2D eigenvalue weighted by atomic mass is 9.97. The number of benzene rings is 1. The summed E-state index contributed by atoms with van der Waals surface area (Å²) in [6.45, 7) is 3.80. The summed E-state index contributed by atoms with van der Waals surface area (Å²) in [6, 6.07) is 7.81. The smallest absolute Gasteiger partial charge is 0.312 e. The largest absolute Gasteiger partial charge is 0.504 e. The summed E-state index contributed by atoms with van der Waals surface area (Å²) in [5.74, 6) is -0.481. The molecule has 0 N–H and O–H groups in total. The molecule has 1 unspecified atom stereocenters. The van der Waals surface area contributed by atoms with Crippen molar-refractivity contribution in [3.05, 3.63) is 41.7 Å². The molecule has 1 aromatic carbocycles. The highest BCUT2D eigenvalue weighted by Crippen LogP contribution is 2.21. The molecule has 92 valence electrons. The molecule has 17 heavy (non-hydrogen) atoms. The molecule has 1 atom stereocenters. The standard InChI is InChI=1S/C14H18O3/c1-10(9-16-3)12-6-5-7-13(8-12)11(2)14(15)17-4/h5-9,11H,1-4H3. The van der Waals surface area contributed by atoms with Crippen molar-refractivity contribution in [1.82, 2.24) is 0 Å². The lowest BCUT2D eigenvalue weighted by Crippen LogP contribution is -2.10. The van der Waals surface area contributed by atoms with Crippen LogP contribution in [0.4, 0.5) is 0 Å². The fraction of sp³-hybridized carbons (Fsp3) is 0.357. The number of allylic oxidation sites excluding steroid dienone is 1. The molecule has 0 aliphatic heterocycles. The molecule has 0 spiro atoms. The first-order valence-electron chi connectivity index (χ1n) is 5.48. The number of esters is 1. The molecule has 0 amide bonds. The lowest BCUT2D eigenvalue weighted by Gasteiger charge is -2.11. The summed E-state index contributed by atoms with van der Waals surface area (Å²) in [6.07, 6.45) is 1.68. The Morgan fingerprint density at radius 2 is 2.06 bits per heavy atom. The minimum absolute atomic E-state index is 0.226. The molecule has 0 radical (unpaired) electrons. The van der Waals surface area contributed by atoms with E-state index in [-0.39, 0.29) is 11.9 Å². The Labute approximate surface area is 102 Å². The zero-order chi connectivity index (χ0) is 12.8. The van der Waals surface area contributed by atoms with Crippen molar-refractivity contribution in [3.8, 4) is 0 Å². The highest BCUT2D eigenvalue weighted by atomic mass is 16.5. The Bertz CT molecular complexity index is 421. The summed E-state index contributed by atoms with van der Waals surface area (Å²) >= 11 is 0. The molecule has 1 rings (SSSR count). The van der Waals surface area contributed by atoms with Gasteiger partial charge in [0.15, 0.2) is 0 Å². The molecular weight excluding hydrogens is 216 g/mol. The molecule has 0 saturated carbocycles. The lowest BCUT2D eigenvalue weighted by molar-refractivity contribution is -0.141. The number of hydrogen-bond donors (Lipinski definition) is 0. The van der Waals surface area contributed by atoms with Gasteiger partial charge in [0, 0.05) is 0 Å². The van der Waals surface area contributed by atoms with Crippen LogP contribution in [0.2, 0.25) is 0 Å². The van der Waals surface area contributed by atoms with E-state index in [1.165, 1.54) is 7.11 Å². The van der Waals surface area contributed by atoms with Gasteiger partial charge in [-0.15, -0.1) is 0 Å². The predicted molar refractivity (Wildman–Crippen MR) is 67.5 cm³/mol. The summed E-state index contributed by atoms with van der Waals surface area (Å²) in [5, 5.41) is 0. The van der Waals surface area contributed by atoms with E-state index in [4.69, 9.17) is 9.47 Å². The molecule has 0 aromatic heterocycles. The van der Waals surface area contributed by atoms with Gasteiger partial charge in [0.25, 0.3) is 0 Å². The number of rotatable bonds is 4. The third-order valence-electron chi connectivity index (χ3n) is 2.69. The molecule has 0 aliphatic rings. The molecule has 3 nitrogen and oxygen atoms in total. The first kappa shape index (κ1) is 13.3. The second-order valence-electron chi connectivity index (χ2n) is 3.91. The highest BCUT2D eigenvalue weighted by Gasteiger charge is 2.15. The minimum atomic E-state index is -0.254. The van der Waals surface area contributed by atoms with Gasteiger partial charge < -0.3 is 9.47 Å². The average Bonchev–Trinajstić information content (AvgIpc) is 2.37. The molecule has 0 heterocycles. The number of methoxy groups -OCH3 is 2. The van der Waals surface area contributed by atoms with E-state index in [0.29, 0.717) is 0 Å². The van der Waals surface area contributed by atoms with Crippen LogP contribution in [0.5, 0.6) is 0 Å². The van der Waals surface area contributed by atoms with Crippen molar-refractivity contribution in [1.29, 1.82) is 0 Å². The van der Waals surface area contributed by atoms with Gasteiger partial charge in [0.2, 0.25) is 0 Å². The van der Waals surface area contributed by atoms with E-state index in [1.807, 2.05) is 38.1 Å². The maximum atomic E-state index is 11.5. The number of carbonyl (C=O) groups excluding carboxylic acids is 1. The third kappa shape index (κ3) is 3.34. The van der Waals surface area contributed by atoms with Gasteiger partial charge >= 0.3 is 5.97 Å². The van der Waals surface area contributed by atoms with Crippen molar-refractivity contribution in [3.63, 3.8) is 0 Å². The van der Waals surface area contributed by atoms with E-state index in [0.717, 1.165) is 16.7 Å².